The zero-order valence-electron chi connectivity index (χ0n) is 25.5. The first-order chi connectivity index (χ1) is 20.6. The molecule has 0 aromatic heterocycles. The lowest BCUT2D eigenvalue weighted by molar-refractivity contribution is 0.206. The van der Waals surface area contributed by atoms with E-state index in [1.54, 1.807) is 24.3 Å². The van der Waals surface area contributed by atoms with Crippen LogP contribution >= 0.6 is 0 Å². The molecule has 0 bridgehead atoms. The van der Waals surface area contributed by atoms with E-state index >= 15 is 0 Å². The van der Waals surface area contributed by atoms with Gasteiger partial charge in [0.25, 0.3) is 0 Å². The van der Waals surface area contributed by atoms with Crippen molar-refractivity contribution in [2.45, 2.75) is 109 Å². The molecule has 0 fully saturated rings. The average molecular weight is 571 g/mol. The van der Waals surface area contributed by atoms with Crippen molar-refractivity contribution in [2.75, 3.05) is 6.61 Å². The van der Waals surface area contributed by atoms with Gasteiger partial charge >= 0.3 is 0 Å². The van der Waals surface area contributed by atoms with Crippen molar-refractivity contribution < 1.29 is 19.7 Å². The Morgan fingerprint density at radius 1 is 0.476 bits per heavy atom. The van der Waals surface area contributed by atoms with Gasteiger partial charge in [0, 0.05) is 0 Å². The van der Waals surface area contributed by atoms with Crippen molar-refractivity contribution >= 4 is 21.5 Å². The molecule has 4 aromatic carbocycles. The summed E-state index contributed by atoms with van der Waals surface area (Å²) in [6.45, 7) is 2.91. The molecule has 0 aliphatic rings. The smallest absolute Gasteiger partial charge is 0.120 e. The van der Waals surface area contributed by atoms with E-state index in [0.717, 1.165) is 52.5 Å². The van der Waals surface area contributed by atoms with Gasteiger partial charge in [-0.05, 0) is 96.3 Å². The maximum Gasteiger partial charge on any atom is 0.120 e. The third-order valence-corrected chi connectivity index (χ3v) is 8.20. The number of ether oxygens (including phenoxy) is 2. The number of aromatic hydroxyl groups is 2. The predicted octanol–water partition coefficient (Wildman–Crippen LogP) is 11.1. The fourth-order valence-corrected chi connectivity index (χ4v) is 5.72. The first kappa shape index (κ1) is 31.5. The Kier molecular flexibility index (Phi) is 13.2. The Bertz CT molecular complexity index is 1350. The highest BCUT2D eigenvalue weighted by Gasteiger charge is 2.06. The molecule has 0 spiro atoms. The molecule has 0 saturated heterocycles. The monoisotopic (exact) mass is 570 g/mol. The number of rotatable bonds is 20. The molecular weight excluding hydrogens is 520 g/mol. The molecule has 0 aliphatic heterocycles. The second-order valence-electron chi connectivity index (χ2n) is 11.9. The molecule has 2 N–H and O–H groups in total. The van der Waals surface area contributed by atoms with Crippen molar-refractivity contribution in [1.82, 2.24) is 0 Å². The fourth-order valence-electron chi connectivity index (χ4n) is 5.72. The van der Waals surface area contributed by atoms with Crippen molar-refractivity contribution in [1.29, 1.82) is 0 Å². The second kappa shape index (κ2) is 17.5. The van der Waals surface area contributed by atoms with Crippen LogP contribution in [0, 0.1) is 0 Å². The van der Waals surface area contributed by atoms with E-state index in [0.29, 0.717) is 11.5 Å². The van der Waals surface area contributed by atoms with Crippen LogP contribution in [0.25, 0.3) is 21.5 Å². The van der Waals surface area contributed by atoms with Gasteiger partial charge in [0.15, 0.2) is 0 Å². The maximum atomic E-state index is 9.71. The summed E-state index contributed by atoms with van der Waals surface area (Å²) in [7, 11) is 0. The molecular formula is C38H50O4. The minimum atomic E-state index is 0.209. The van der Waals surface area contributed by atoms with Crippen LogP contribution in [0.5, 0.6) is 23.0 Å². The summed E-state index contributed by atoms with van der Waals surface area (Å²) in [5.41, 5.74) is 0. The molecule has 1 unspecified atom stereocenters. The molecule has 0 aliphatic carbocycles. The summed E-state index contributed by atoms with van der Waals surface area (Å²) in [6, 6.07) is 23.0. The lowest BCUT2D eigenvalue weighted by Crippen LogP contribution is -2.11. The van der Waals surface area contributed by atoms with Crippen LogP contribution in [0.15, 0.2) is 72.8 Å². The topological polar surface area (TPSA) is 58.9 Å². The summed E-state index contributed by atoms with van der Waals surface area (Å²) in [5.74, 6) is 2.35. The van der Waals surface area contributed by atoms with Crippen LogP contribution in [-0.4, -0.2) is 22.9 Å². The van der Waals surface area contributed by atoms with Crippen LogP contribution in [0.4, 0.5) is 0 Å². The zero-order valence-corrected chi connectivity index (χ0v) is 25.5. The van der Waals surface area contributed by atoms with Crippen LogP contribution in [0.3, 0.4) is 0 Å². The molecule has 4 aromatic rings. The van der Waals surface area contributed by atoms with Gasteiger partial charge in [-0.1, -0.05) is 101 Å². The number of phenols is 2. The summed E-state index contributed by atoms with van der Waals surface area (Å²) < 4.78 is 12.0. The third-order valence-electron chi connectivity index (χ3n) is 8.20. The SMILES string of the molecule is CC(CCCCCCCCCCCCCCCCOc1ccc2ccc(O)cc2c1)Oc1ccc2ccc(O)cc2c1. The van der Waals surface area contributed by atoms with Gasteiger partial charge in [0.1, 0.15) is 23.0 Å². The first-order valence-electron chi connectivity index (χ1n) is 16.3. The summed E-state index contributed by atoms with van der Waals surface area (Å²) >= 11 is 0. The predicted molar refractivity (Wildman–Crippen MR) is 176 cm³/mol. The Morgan fingerprint density at radius 2 is 0.905 bits per heavy atom. The standard InChI is InChI=1S/C38H50O4/c1-30(42-38-24-20-32-18-22-36(40)27-34(32)29-38)16-14-12-10-8-6-4-2-3-5-7-9-11-13-15-25-41-37-23-19-31-17-21-35(39)26-33(31)28-37/h17-24,26-30,39-40H,2-16,25H2,1H3. The van der Waals surface area contributed by atoms with Gasteiger partial charge < -0.3 is 19.7 Å². The Hall–Kier alpha value is -3.40. The Balaban J connectivity index is 0.903. The fraction of sp³-hybridized carbons (Fsp3) is 0.474. The van der Waals surface area contributed by atoms with Gasteiger partial charge in [-0.2, -0.15) is 0 Å². The highest BCUT2D eigenvalue weighted by Crippen LogP contribution is 2.26. The van der Waals surface area contributed by atoms with Gasteiger partial charge in [-0.25, -0.2) is 0 Å². The van der Waals surface area contributed by atoms with E-state index in [1.807, 2.05) is 42.5 Å². The molecule has 0 heterocycles. The minimum absolute atomic E-state index is 0.209. The molecule has 0 radical (unpaired) electrons. The number of benzene rings is 4. The number of hydrogen-bond donors (Lipinski definition) is 2. The quantitative estimate of drug-likeness (QED) is 0.104. The maximum absolute atomic E-state index is 9.71. The summed E-state index contributed by atoms with van der Waals surface area (Å²) in [5, 5.41) is 23.6. The van der Waals surface area contributed by atoms with Crippen LogP contribution < -0.4 is 9.47 Å². The summed E-state index contributed by atoms with van der Waals surface area (Å²) in [6.07, 6.45) is 19.7. The lowest BCUT2D eigenvalue weighted by Gasteiger charge is -2.15. The molecule has 42 heavy (non-hydrogen) atoms. The van der Waals surface area contributed by atoms with E-state index in [9.17, 15) is 10.2 Å². The third kappa shape index (κ3) is 11.1. The second-order valence-corrected chi connectivity index (χ2v) is 11.9. The molecule has 4 heteroatoms. The zero-order chi connectivity index (χ0) is 29.4. The lowest BCUT2D eigenvalue weighted by atomic mass is 10.0. The minimum Gasteiger partial charge on any atom is -0.508 e. The van der Waals surface area contributed by atoms with E-state index in [-0.39, 0.29) is 6.10 Å². The molecule has 1 atom stereocenters. The molecule has 4 rings (SSSR count). The van der Waals surface area contributed by atoms with E-state index in [2.05, 4.69) is 13.0 Å². The Morgan fingerprint density at radius 3 is 1.45 bits per heavy atom. The normalized spacial score (nSPS) is 12.1. The molecule has 226 valence electrons. The van der Waals surface area contributed by atoms with Crippen molar-refractivity contribution in [3.05, 3.63) is 72.8 Å². The van der Waals surface area contributed by atoms with Gasteiger partial charge in [-0.15, -0.1) is 0 Å². The molecule has 0 amide bonds. The average Bonchev–Trinajstić information content (AvgIpc) is 2.98. The summed E-state index contributed by atoms with van der Waals surface area (Å²) in [4.78, 5) is 0. The van der Waals surface area contributed by atoms with Crippen LogP contribution in [0.2, 0.25) is 0 Å². The van der Waals surface area contributed by atoms with E-state index < -0.39 is 0 Å². The van der Waals surface area contributed by atoms with E-state index in [4.69, 9.17) is 9.47 Å². The van der Waals surface area contributed by atoms with Gasteiger partial charge in [-0.3, -0.25) is 0 Å². The van der Waals surface area contributed by atoms with Crippen LogP contribution in [0.1, 0.15) is 103 Å². The highest BCUT2D eigenvalue weighted by atomic mass is 16.5. The number of phenolic OH excluding ortho intramolecular Hbond substituents is 2. The number of unbranched alkanes of at least 4 members (excludes halogenated alkanes) is 13. The highest BCUT2D eigenvalue weighted by molar-refractivity contribution is 5.85. The number of fused-ring (bicyclic) bond motifs is 2. The number of hydrogen-bond acceptors (Lipinski definition) is 4. The largest absolute Gasteiger partial charge is 0.508 e. The van der Waals surface area contributed by atoms with Crippen molar-refractivity contribution in [3.8, 4) is 23.0 Å². The van der Waals surface area contributed by atoms with Crippen molar-refractivity contribution in [3.63, 3.8) is 0 Å². The van der Waals surface area contributed by atoms with Gasteiger partial charge in [0.05, 0.1) is 12.7 Å². The first-order valence-corrected chi connectivity index (χ1v) is 16.3. The van der Waals surface area contributed by atoms with Gasteiger partial charge in [0.2, 0.25) is 0 Å². The van der Waals surface area contributed by atoms with Crippen molar-refractivity contribution in [2.24, 2.45) is 0 Å². The Labute approximate surface area is 252 Å². The van der Waals surface area contributed by atoms with Crippen LogP contribution in [-0.2, 0) is 0 Å². The molecule has 0 saturated carbocycles. The van der Waals surface area contributed by atoms with E-state index in [1.165, 1.54) is 83.5 Å². The molecule has 4 nitrogen and oxygen atoms in total.